The lowest BCUT2D eigenvalue weighted by atomic mass is 9.85. The van der Waals surface area contributed by atoms with E-state index in [0.29, 0.717) is 19.0 Å². The van der Waals surface area contributed by atoms with Crippen molar-refractivity contribution in [3.8, 4) is 0 Å². The number of carbonyl (C=O) groups is 1. The number of guanidine groups is 1. The van der Waals surface area contributed by atoms with E-state index in [0.717, 1.165) is 12.5 Å². The molecule has 6 heteroatoms. The van der Waals surface area contributed by atoms with Crippen LogP contribution in [0.25, 0.3) is 0 Å². The van der Waals surface area contributed by atoms with Crippen molar-refractivity contribution in [1.29, 1.82) is 0 Å². The molecular formula is C16H32N4O2. The van der Waals surface area contributed by atoms with Crippen molar-refractivity contribution in [1.82, 2.24) is 10.2 Å². The van der Waals surface area contributed by atoms with E-state index in [2.05, 4.69) is 10.3 Å². The minimum absolute atomic E-state index is 0.224. The first-order valence-corrected chi connectivity index (χ1v) is 8.15. The Morgan fingerprint density at radius 2 is 2.09 bits per heavy atom. The number of hydrogen-bond acceptors (Lipinski definition) is 3. The minimum atomic E-state index is -0.470. The quantitative estimate of drug-likeness (QED) is 0.582. The van der Waals surface area contributed by atoms with Crippen molar-refractivity contribution in [2.75, 3.05) is 26.7 Å². The molecule has 0 saturated heterocycles. The van der Waals surface area contributed by atoms with Gasteiger partial charge in [0.05, 0.1) is 0 Å². The molecule has 0 aromatic carbocycles. The van der Waals surface area contributed by atoms with Crippen LogP contribution in [0.3, 0.4) is 0 Å². The van der Waals surface area contributed by atoms with Gasteiger partial charge in [0.25, 0.3) is 0 Å². The van der Waals surface area contributed by atoms with Gasteiger partial charge in [-0.1, -0.05) is 13.3 Å². The van der Waals surface area contributed by atoms with Crippen LogP contribution in [0.4, 0.5) is 4.79 Å². The number of nitrogens with two attached hydrogens (primary N) is 1. The molecule has 1 atom stereocenters. The molecule has 1 saturated carbocycles. The fourth-order valence-electron chi connectivity index (χ4n) is 2.20. The first-order chi connectivity index (χ1) is 10.2. The number of nitrogens with zero attached hydrogens (tertiary/aromatic N) is 2. The highest BCUT2D eigenvalue weighted by Crippen LogP contribution is 2.24. The molecule has 6 nitrogen and oxygen atoms in total. The van der Waals surface area contributed by atoms with E-state index in [-0.39, 0.29) is 12.0 Å². The molecule has 0 bridgehead atoms. The summed E-state index contributed by atoms with van der Waals surface area (Å²) in [6.45, 7) is 9.73. The normalized spacial score (nSPS) is 17.6. The number of aliphatic imine (C=N–C) groups is 1. The van der Waals surface area contributed by atoms with E-state index in [9.17, 15) is 4.79 Å². The van der Waals surface area contributed by atoms with Crippen molar-refractivity contribution in [3.05, 3.63) is 0 Å². The summed E-state index contributed by atoms with van der Waals surface area (Å²) >= 11 is 0. The third kappa shape index (κ3) is 7.52. The Balaban J connectivity index is 2.25. The summed E-state index contributed by atoms with van der Waals surface area (Å²) in [7, 11) is 1.74. The molecule has 3 N–H and O–H groups in total. The molecule has 1 rings (SSSR count). The zero-order chi connectivity index (χ0) is 16.8. The summed E-state index contributed by atoms with van der Waals surface area (Å²) in [6.07, 6.45) is 3.60. The predicted octanol–water partition coefficient (Wildman–Crippen LogP) is 2.19. The van der Waals surface area contributed by atoms with Crippen LogP contribution in [-0.4, -0.2) is 49.2 Å². The van der Waals surface area contributed by atoms with E-state index in [4.69, 9.17) is 10.5 Å². The van der Waals surface area contributed by atoms with Gasteiger partial charge in [0.15, 0.2) is 5.96 Å². The van der Waals surface area contributed by atoms with Crippen LogP contribution in [-0.2, 0) is 4.74 Å². The molecule has 0 aliphatic heterocycles. The molecule has 22 heavy (non-hydrogen) atoms. The molecule has 0 aromatic heterocycles. The molecule has 1 aliphatic rings. The molecule has 128 valence electrons. The molecule has 1 aliphatic carbocycles. The lowest BCUT2D eigenvalue weighted by molar-refractivity contribution is 0.0279. The second-order valence-corrected chi connectivity index (χ2v) is 7.37. The summed E-state index contributed by atoms with van der Waals surface area (Å²) in [4.78, 5) is 17.8. The summed E-state index contributed by atoms with van der Waals surface area (Å²) in [5, 5.41) is 3.17. The van der Waals surface area contributed by atoms with E-state index < -0.39 is 5.60 Å². The van der Waals surface area contributed by atoms with Gasteiger partial charge in [-0.15, -0.1) is 0 Å². The topological polar surface area (TPSA) is 80.0 Å². The number of carbonyl (C=O) groups excluding carboxylic acids is 1. The molecule has 1 fully saturated rings. The van der Waals surface area contributed by atoms with Crippen LogP contribution in [0, 0.1) is 11.8 Å². The second kappa shape index (κ2) is 8.25. The van der Waals surface area contributed by atoms with E-state index in [1.165, 1.54) is 19.3 Å². The first-order valence-electron chi connectivity index (χ1n) is 8.15. The molecular weight excluding hydrogens is 280 g/mol. The molecule has 0 aromatic rings. The van der Waals surface area contributed by atoms with Gasteiger partial charge in [0.1, 0.15) is 5.60 Å². The van der Waals surface area contributed by atoms with Gasteiger partial charge < -0.3 is 20.7 Å². The van der Waals surface area contributed by atoms with Crippen molar-refractivity contribution < 1.29 is 9.53 Å². The second-order valence-electron chi connectivity index (χ2n) is 7.37. The molecule has 1 amide bonds. The van der Waals surface area contributed by atoms with Crippen LogP contribution >= 0.6 is 0 Å². The van der Waals surface area contributed by atoms with E-state index in [1.54, 1.807) is 11.9 Å². The van der Waals surface area contributed by atoms with Crippen molar-refractivity contribution >= 4 is 12.1 Å². The highest BCUT2D eigenvalue weighted by atomic mass is 16.6. The number of nitrogens with one attached hydrogen (secondary N) is 1. The lowest BCUT2D eigenvalue weighted by Gasteiger charge is -2.26. The maximum Gasteiger partial charge on any atom is 0.410 e. The first kappa shape index (κ1) is 18.6. The van der Waals surface area contributed by atoms with E-state index in [1.807, 2.05) is 27.7 Å². The van der Waals surface area contributed by atoms with E-state index >= 15 is 0 Å². The van der Waals surface area contributed by atoms with Gasteiger partial charge in [-0.3, -0.25) is 4.99 Å². The van der Waals surface area contributed by atoms with Gasteiger partial charge in [-0.25, -0.2) is 4.79 Å². The Hall–Kier alpha value is -1.46. The number of rotatable bonds is 6. The predicted molar refractivity (Wildman–Crippen MR) is 89.9 cm³/mol. The summed E-state index contributed by atoms with van der Waals surface area (Å²) < 4.78 is 5.32. The molecule has 0 radical (unpaired) electrons. The largest absolute Gasteiger partial charge is 0.444 e. The highest BCUT2D eigenvalue weighted by Gasteiger charge is 2.20. The SMILES string of the molecule is CC(CN=C(N)NCC1CCC1)CN(C)C(=O)OC(C)(C)C. The number of hydrogen-bond donors (Lipinski definition) is 2. The Morgan fingerprint density at radius 1 is 1.45 bits per heavy atom. The van der Waals surface area contributed by atoms with Gasteiger partial charge in [-0.05, 0) is 45.4 Å². The van der Waals surface area contributed by atoms with Crippen molar-refractivity contribution in [2.45, 2.75) is 52.6 Å². The van der Waals surface area contributed by atoms with Crippen LogP contribution < -0.4 is 11.1 Å². The third-order valence-electron chi connectivity index (χ3n) is 3.66. The van der Waals surface area contributed by atoms with Crippen LogP contribution in [0.15, 0.2) is 4.99 Å². The number of amides is 1. The standard InChI is InChI=1S/C16H32N4O2/c1-12(11-20(5)15(21)22-16(2,3)4)9-18-14(17)19-10-13-7-6-8-13/h12-13H,6-11H2,1-5H3,(H3,17,18,19). The van der Waals surface area contributed by atoms with Gasteiger partial charge in [0, 0.05) is 26.7 Å². The Morgan fingerprint density at radius 3 is 2.59 bits per heavy atom. The summed E-state index contributed by atoms with van der Waals surface area (Å²) in [5.74, 6) is 1.48. The smallest absolute Gasteiger partial charge is 0.410 e. The average Bonchev–Trinajstić information content (AvgIpc) is 2.32. The lowest BCUT2D eigenvalue weighted by Crippen LogP contribution is -2.39. The third-order valence-corrected chi connectivity index (χ3v) is 3.66. The van der Waals surface area contributed by atoms with Crippen molar-refractivity contribution in [3.63, 3.8) is 0 Å². The van der Waals surface area contributed by atoms with Gasteiger partial charge in [0.2, 0.25) is 0 Å². The maximum atomic E-state index is 11.9. The van der Waals surface area contributed by atoms with Crippen molar-refractivity contribution in [2.24, 2.45) is 22.6 Å². The van der Waals surface area contributed by atoms with Crippen LogP contribution in [0.2, 0.25) is 0 Å². The van der Waals surface area contributed by atoms with Crippen LogP contribution in [0.5, 0.6) is 0 Å². The van der Waals surface area contributed by atoms with Crippen LogP contribution in [0.1, 0.15) is 47.0 Å². The Kier molecular flexibility index (Phi) is 6.97. The molecule has 0 heterocycles. The molecule has 1 unspecified atom stereocenters. The number of ether oxygens (including phenoxy) is 1. The maximum absolute atomic E-state index is 11.9. The average molecular weight is 312 g/mol. The zero-order valence-electron chi connectivity index (χ0n) is 14.7. The Bertz CT molecular complexity index is 386. The minimum Gasteiger partial charge on any atom is -0.444 e. The monoisotopic (exact) mass is 312 g/mol. The fraction of sp³-hybridized carbons (Fsp3) is 0.875. The highest BCUT2D eigenvalue weighted by molar-refractivity contribution is 5.77. The summed E-state index contributed by atoms with van der Waals surface area (Å²) in [5.41, 5.74) is 5.39. The Labute approximate surface area is 134 Å². The van der Waals surface area contributed by atoms with Gasteiger partial charge >= 0.3 is 6.09 Å². The fourth-order valence-corrected chi connectivity index (χ4v) is 2.20. The molecule has 0 spiro atoms. The summed E-state index contributed by atoms with van der Waals surface area (Å²) in [6, 6.07) is 0. The van der Waals surface area contributed by atoms with Gasteiger partial charge in [-0.2, -0.15) is 0 Å². The zero-order valence-corrected chi connectivity index (χ0v) is 14.7.